The Morgan fingerprint density at radius 3 is 2.61 bits per heavy atom. The minimum absolute atomic E-state index is 0.0289. The predicted molar refractivity (Wildman–Crippen MR) is 85.4 cm³/mol. The van der Waals surface area contributed by atoms with Gasteiger partial charge in [0.15, 0.2) is 0 Å². The Morgan fingerprint density at radius 2 is 1.96 bits per heavy atom. The van der Waals surface area contributed by atoms with Crippen molar-refractivity contribution >= 4 is 34.8 Å². The second-order valence-corrected chi connectivity index (χ2v) is 5.55. The van der Waals surface area contributed by atoms with E-state index in [2.05, 4.69) is 10.6 Å². The van der Waals surface area contributed by atoms with Gasteiger partial charge >= 0.3 is 0 Å². The van der Waals surface area contributed by atoms with E-state index in [1.54, 1.807) is 4.90 Å². The number of nitro groups is 1. The normalized spacial score (nSPS) is 13.7. The van der Waals surface area contributed by atoms with E-state index in [4.69, 9.17) is 11.6 Å². The van der Waals surface area contributed by atoms with E-state index in [1.165, 1.54) is 18.2 Å². The summed E-state index contributed by atoms with van der Waals surface area (Å²) >= 11 is 5.71. The number of carbonyl (C=O) groups is 2. The summed E-state index contributed by atoms with van der Waals surface area (Å²) in [5, 5.41) is 16.1. The van der Waals surface area contributed by atoms with Gasteiger partial charge in [0.25, 0.3) is 5.69 Å². The summed E-state index contributed by atoms with van der Waals surface area (Å²) in [6.45, 7) is 1.34. The molecule has 0 unspecified atom stereocenters. The van der Waals surface area contributed by atoms with Gasteiger partial charge in [-0.2, -0.15) is 0 Å². The van der Waals surface area contributed by atoms with Gasteiger partial charge in [-0.05, 0) is 25.0 Å². The Kier molecular flexibility index (Phi) is 5.75. The molecule has 1 aromatic carbocycles. The molecule has 0 saturated carbocycles. The highest BCUT2D eigenvalue weighted by Gasteiger charge is 2.18. The molecule has 1 aromatic rings. The number of amides is 2. The van der Waals surface area contributed by atoms with Crippen molar-refractivity contribution in [2.24, 2.45) is 0 Å². The number of likely N-dealkylation sites (tertiary alicyclic amines) is 1. The van der Waals surface area contributed by atoms with Crippen molar-refractivity contribution in [3.63, 3.8) is 0 Å². The van der Waals surface area contributed by atoms with Gasteiger partial charge in [-0.25, -0.2) is 0 Å². The van der Waals surface area contributed by atoms with Crippen molar-refractivity contribution < 1.29 is 14.5 Å². The van der Waals surface area contributed by atoms with Crippen LogP contribution in [0, 0.1) is 10.1 Å². The second-order valence-electron chi connectivity index (χ2n) is 5.14. The maximum atomic E-state index is 11.8. The lowest BCUT2D eigenvalue weighted by Gasteiger charge is -2.15. The van der Waals surface area contributed by atoms with Crippen molar-refractivity contribution in [3.8, 4) is 0 Å². The van der Waals surface area contributed by atoms with E-state index in [9.17, 15) is 19.7 Å². The molecule has 0 radical (unpaired) electrons. The zero-order valence-electron chi connectivity index (χ0n) is 12.4. The van der Waals surface area contributed by atoms with Crippen LogP contribution in [0.5, 0.6) is 0 Å². The number of benzene rings is 1. The van der Waals surface area contributed by atoms with Crippen LogP contribution < -0.4 is 10.6 Å². The molecule has 2 amide bonds. The molecule has 0 spiro atoms. The molecule has 1 heterocycles. The fourth-order valence-electron chi connectivity index (χ4n) is 2.26. The molecule has 124 valence electrons. The average molecular weight is 341 g/mol. The summed E-state index contributed by atoms with van der Waals surface area (Å²) in [4.78, 5) is 35.4. The zero-order chi connectivity index (χ0) is 16.8. The molecule has 1 aliphatic heterocycles. The van der Waals surface area contributed by atoms with E-state index in [0.717, 1.165) is 25.9 Å². The topological polar surface area (TPSA) is 105 Å². The van der Waals surface area contributed by atoms with Gasteiger partial charge < -0.3 is 15.5 Å². The van der Waals surface area contributed by atoms with E-state index >= 15 is 0 Å². The van der Waals surface area contributed by atoms with E-state index in [1.807, 2.05) is 0 Å². The van der Waals surface area contributed by atoms with Crippen molar-refractivity contribution in [1.29, 1.82) is 0 Å². The van der Waals surface area contributed by atoms with Gasteiger partial charge in [0.1, 0.15) is 5.02 Å². The van der Waals surface area contributed by atoms with Crippen LogP contribution >= 0.6 is 11.6 Å². The minimum Gasteiger partial charge on any atom is -0.376 e. The summed E-state index contributed by atoms with van der Waals surface area (Å²) in [5.41, 5.74) is 0.170. The standard InChI is InChI=1S/C14H17ClN4O4/c15-11-4-3-10(7-12(11)19(22)23)16-8-13(20)17-9-14(21)18-5-1-2-6-18/h3-4,7,16H,1-2,5-6,8-9H2,(H,17,20). The Hall–Kier alpha value is -2.35. The van der Waals surface area contributed by atoms with Gasteiger partial charge in [0.05, 0.1) is 18.0 Å². The van der Waals surface area contributed by atoms with Gasteiger partial charge in [-0.3, -0.25) is 19.7 Å². The lowest BCUT2D eigenvalue weighted by Crippen LogP contribution is -2.40. The maximum Gasteiger partial charge on any atom is 0.289 e. The lowest BCUT2D eigenvalue weighted by atomic mass is 10.3. The van der Waals surface area contributed by atoms with Crippen LogP contribution in [0.3, 0.4) is 0 Å². The Morgan fingerprint density at radius 1 is 1.26 bits per heavy atom. The molecule has 0 bridgehead atoms. The van der Waals surface area contributed by atoms with Crippen LogP contribution in [0.25, 0.3) is 0 Å². The highest BCUT2D eigenvalue weighted by atomic mass is 35.5. The number of rotatable bonds is 6. The van der Waals surface area contributed by atoms with E-state index in [0.29, 0.717) is 5.69 Å². The molecule has 0 aliphatic carbocycles. The predicted octanol–water partition coefficient (Wildman–Crippen LogP) is 1.40. The minimum atomic E-state index is -0.595. The van der Waals surface area contributed by atoms with Crippen molar-refractivity contribution in [3.05, 3.63) is 33.3 Å². The first-order valence-corrected chi connectivity index (χ1v) is 7.57. The highest BCUT2D eigenvalue weighted by molar-refractivity contribution is 6.32. The molecule has 0 atom stereocenters. The van der Waals surface area contributed by atoms with E-state index in [-0.39, 0.29) is 35.6 Å². The molecular weight excluding hydrogens is 324 g/mol. The number of hydrogen-bond acceptors (Lipinski definition) is 5. The Labute approximate surface area is 137 Å². The number of carbonyl (C=O) groups excluding carboxylic acids is 2. The van der Waals surface area contributed by atoms with Gasteiger partial charge in [-0.15, -0.1) is 0 Å². The fraction of sp³-hybridized carbons (Fsp3) is 0.429. The number of nitrogens with one attached hydrogen (secondary N) is 2. The van der Waals surface area contributed by atoms with Crippen LogP contribution in [-0.2, 0) is 9.59 Å². The third kappa shape index (κ3) is 4.82. The van der Waals surface area contributed by atoms with Crippen LogP contribution in [0.1, 0.15) is 12.8 Å². The summed E-state index contributed by atoms with van der Waals surface area (Å²) in [6.07, 6.45) is 1.99. The summed E-state index contributed by atoms with van der Waals surface area (Å²) in [6, 6.07) is 4.18. The second kappa shape index (κ2) is 7.77. The van der Waals surface area contributed by atoms with Gasteiger partial charge in [-0.1, -0.05) is 11.6 Å². The number of hydrogen-bond donors (Lipinski definition) is 2. The summed E-state index contributed by atoms with van der Waals surface area (Å²) in [7, 11) is 0. The van der Waals surface area contributed by atoms with Crippen LogP contribution in [0.4, 0.5) is 11.4 Å². The fourth-order valence-corrected chi connectivity index (χ4v) is 2.45. The van der Waals surface area contributed by atoms with Crippen molar-refractivity contribution in [1.82, 2.24) is 10.2 Å². The van der Waals surface area contributed by atoms with E-state index < -0.39 is 4.92 Å². The zero-order valence-corrected chi connectivity index (χ0v) is 13.1. The molecule has 1 saturated heterocycles. The lowest BCUT2D eigenvalue weighted by molar-refractivity contribution is -0.384. The number of nitro benzene ring substituents is 1. The maximum absolute atomic E-state index is 11.8. The average Bonchev–Trinajstić information content (AvgIpc) is 3.06. The molecule has 2 rings (SSSR count). The number of nitrogens with zero attached hydrogens (tertiary/aromatic N) is 2. The summed E-state index contributed by atoms with van der Waals surface area (Å²) in [5.74, 6) is -0.465. The SMILES string of the molecule is O=C(CNc1ccc(Cl)c([N+](=O)[O-])c1)NCC(=O)N1CCCC1. The first kappa shape index (κ1) is 17.0. The molecule has 1 fully saturated rings. The Balaban J connectivity index is 1.79. The molecule has 0 aromatic heterocycles. The monoisotopic (exact) mass is 340 g/mol. The molecule has 23 heavy (non-hydrogen) atoms. The first-order valence-electron chi connectivity index (χ1n) is 7.19. The van der Waals surface area contributed by atoms with Gasteiger partial charge in [0.2, 0.25) is 11.8 Å². The highest BCUT2D eigenvalue weighted by Crippen LogP contribution is 2.27. The smallest absolute Gasteiger partial charge is 0.289 e. The number of halogens is 1. The largest absolute Gasteiger partial charge is 0.376 e. The third-order valence-electron chi connectivity index (χ3n) is 3.49. The van der Waals surface area contributed by atoms with Crippen LogP contribution in [0.2, 0.25) is 5.02 Å². The van der Waals surface area contributed by atoms with Crippen molar-refractivity contribution in [2.45, 2.75) is 12.8 Å². The van der Waals surface area contributed by atoms with Crippen molar-refractivity contribution in [2.75, 3.05) is 31.5 Å². The Bertz CT molecular complexity index is 617. The third-order valence-corrected chi connectivity index (χ3v) is 3.81. The van der Waals surface area contributed by atoms with Crippen LogP contribution in [0.15, 0.2) is 18.2 Å². The van der Waals surface area contributed by atoms with Crippen LogP contribution in [-0.4, -0.2) is 47.8 Å². The quantitative estimate of drug-likeness (QED) is 0.601. The molecule has 2 N–H and O–H groups in total. The number of anilines is 1. The molecule has 1 aliphatic rings. The summed E-state index contributed by atoms with van der Waals surface area (Å²) < 4.78 is 0. The molecular formula is C14H17ClN4O4. The molecule has 8 nitrogen and oxygen atoms in total. The first-order chi connectivity index (χ1) is 11.0. The van der Waals surface area contributed by atoms with Gasteiger partial charge in [0, 0.05) is 24.8 Å². The molecule has 9 heteroatoms.